The molecule has 1 aromatic rings. The highest BCUT2D eigenvalue weighted by atomic mass is 16.3. The molecule has 0 atom stereocenters. The zero-order valence-electron chi connectivity index (χ0n) is 6.10. The highest BCUT2D eigenvalue weighted by Gasteiger charge is 2.05. The average molecular weight is 141 g/mol. The number of aryl methyl sites for hydroxylation is 1. The third-order valence-corrected chi connectivity index (χ3v) is 1.33. The average Bonchev–Trinajstić information content (AvgIpc) is 2.20. The predicted octanol–water partition coefficient (Wildman–Crippen LogP) is 0.143. The number of H-pyrrole nitrogens is 1. The molecule has 0 saturated heterocycles. The summed E-state index contributed by atoms with van der Waals surface area (Å²) >= 11 is 0. The van der Waals surface area contributed by atoms with Gasteiger partial charge in [-0.15, -0.1) is 0 Å². The molecule has 0 aliphatic heterocycles. The minimum Gasteiger partial charge on any atom is -0.504 e. The van der Waals surface area contributed by atoms with Gasteiger partial charge in [0.1, 0.15) is 5.69 Å². The quantitative estimate of drug-likeness (QED) is 0.549. The fraction of sp³-hybridized carbons (Fsp3) is 0.500. The maximum absolute atomic E-state index is 9.23. The first kappa shape index (κ1) is 7.08. The van der Waals surface area contributed by atoms with Crippen molar-refractivity contribution in [2.45, 2.75) is 13.5 Å². The summed E-state index contributed by atoms with van der Waals surface area (Å²) in [7, 11) is 1.81. The molecule has 3 N–H and O–H groups in total. The molecule has 0 radical (unpaired) electrons. The van der Waals surface area contributed by atoms with Crippen molar-refractivity contribution in [2.24, 2.45) is 0 Å². The molecule has 0 aliphatic rings. The standard InChI is InChI=1S/C6H11N3O/c1-4-6(10)5(3-7-2)9-8-4/h7,10H,3H2,1-2H3,(H,8,9). The first-order valence-electron chi connectivity index (χ1n) is 3.13. The van der Waals surface area contributed by atoms with E-state index in [1.807, 2.05) is 7.05 Å². The van der Waals surface area contributed by atoms with E-state index >= 15 is 0 Å². The van der Waals surface area contributed by atoms with Gasteiger partial charge in [-0.3, -0.25) is 5.10 Å². The molecule has 4 heteroatoms. The van der Waals surface area contributed by atoms with Gasteiger partial charge in [-0.1, -0.05) is 0 Å². The lowest BCUT2D eigenvalue weighted by Crippen LogP contribution is -2.05. The number of nitrogens with zero attached hydrogens (tertiary/aromatic N) is 1. The predicted molar refractivity (Wildman–Crippen MR) is 37.8 cm³/mol. The molecule has 0 aromatic carbocycles. The molecule has 10 heavy (non-hydrogen) atoms. The Balaban J connectivity index is 2.83. The van der Waals surface area contributed by atoms with Crippen LogP contribution < -0.4 is 5.32 Å². The van der Waals surface area contributed by atoms with E-state index in [0.29, 0.717) is 17.9 Å². The zero-order valence-corrected chi connectivity index (χ0v) is 6.10. The van der Waals surface area contributed by atoms with Crippen LogP contribution in [0.25, 0.3) is 0 Å². The van der Waals surface area contributed by atoms with E-state index in [2.05, 4.69) is 15.5 Å². The smallest absolute Gasteiger partial charge is 0.160 e. The highest BCUT2D eigenvalue weighted by molar-refractivity contribution is 5.29. The molecule has 0 bridgehead atoms. The topological polar surface area (TPSA) is 60.9 Å². The highest BCUT2D eigenvalue weighted by Crippen LogP contribution is 2.16. The molecule has 0 spiro atoms. The molecule has 1 heterocycles. The third kappa shape index (κ3) is 1.11. The van der Waals surface area contributed by atoms with Gasteiger partial charge in [0.2, 0.25) is 0 Å². The first-order valence-corrected chi connectivity index (χ1v) is 3.13. The van der Waals surface area contributed by atoms with Crippen LogP contribution in [0.5, 0.6) is 5.75 Å². The van der Waals surface area contributed by atoms with Crippen LogP contribution in [0.3, 0.4) is 0 Å². The molecular formula is C6H11N3O. The van der Waals surface area contributed by atoms with Gasteiger partial charge in [0, 0.05) is 6.54 Å². The SMILES string of the molecule is CNCc1n[nH]c(C)c1O. The summed E-state index contributed by atoms with van der Waals surface area (Å²) in [5.41, 5.74) is 1.38. The van der Waals surface area contributed by atoms with E-state index in [9.17, 15) is 5.11 Å². The summed E-state index contributed by atoms with van der Waals surface area (Å²) < 4.78 is 0. The van der Waals surface area contributed by atoms with E-state index in [-0.39, 0.29) is 5.75 Å². The Labute approximate surface area is 59.3 Å². The second-order valence-corrected chi connectivity index (χ2v) is 2.17. The summed E-state index contributed by atoms with van der Waals surface area (Å²) in [4.78, 5) is 0. The summed E-state index contributed by atoms with van der Waals surface area (Å²) in [6.45, 7) is 2.37. The minimum atomic E-state index is 0.259. The van der Waals surface area contributed by atoms with Crippen LogP contribution in [0.2, 0.25) is 0 Å². The van der Waals surface area contributed by atoms with Gasteiger partial charge >= 0.3 is 0 Å². The number of nitrogens with one attached hydrogen (secondary N) is 2. The van der Waals surface area contributed by atoms with Crippen molar-refractivity contribution in [3.63, 3.8) is 0 Å². The van der Waals surface area contributed by atoms with Crippen LogP contribution >= 0.6 is 0 Å². The van der Waals surface area contributed by atoms with Gasteiger partial charge in [0.05, 0.1) is 5.69 Å². The van der Waals surface area contributed by atoms with Crippen molar-refractivity contribution in [3.8, 4) is 5.75 Å². The van der Waals surface area contributed by atoms with E-state index in [4.69, 9.17) is 0 Å². The van der Waals surface area contributed by atoms with Crippen molar-refractivity contribution in [3.05, 3.63) is 11.4 Å². The number of rotatable bonds is 2. The Morgan fingerprint density at radius 2 is 2.40 bits per heavy atom. The molecule has 1 rings (SSSR count). The maximum Gasteiger partial charge on any atom is 0.160 e. The van der Waals surface area contributed by atoms with Crippen molar-refractivity contribution in [1.82, 2.24) is 15.5 Å². The van der Waals surface area contributed by atoms with E-state index in [0.717, 1.165) is 0 Å². The lowest BCUT2D eigenvalue weighted by molar-refractivity contribution is 0.462. The van der Waals surface area contributed by atoms with Crippen LogP contribution in [0.15, 0.2) is 0 Å². The summed E-state index contributed by atoms with van der Waals surface area (Å²) in [5, 5.41) is 18.7. The third-order valence-electron chi connectivity index (χ3n) is 1.33. The van der Waals surface area contributed by atoms with Gasteiger partial charge in [0.25, 0.3) is 0 Å². The molecule has 0 aliphatic carbocycles. The molecule has 56 valence electrons. The van der Waals surface area contributed by atoms with E-state index < -0.39 is 0 Å². The number of hydrogen-bond acceptors (Lipinski definition) is 3. The molecule has 1 aromatic heterocycles. The fourth-order valence-corrected chi connectivity index (χ4v) is 0.764. The van der Waals surface area contributed by atoms with Crippen LogP contribution in [0, 0.1) is 6.92 Å². The Bertz CT molecular complexity index is 219. The van der Waals surface area contributed by atoms with Crippen molar-refractivity contribution in [2.75, 3.05) is 7.05 Å². The first-order chi connectivity index (χ1) is 4.75. The van der Waals surface area contributed by atoms with Crippen LogP contribution in [-0.4, -0.2) is 22.4 Å². The Morgan fingerprint density at radius 3 is 2.80 bits per heavy atom. The molecule has 0 saturated carbocycles. The van der Waals surface area contributed by atoms with Crippen molar-refractivity contribution in [1.29, 1.82) is 0 Å². The second-order valence-electron chi connectivity index (χ2n) is 2.17. The minimum absolute atomic E-state index is 0.259. The normalized spacial score (nSPS) is 10.2. The van der Waals surface area contributed by atoms with Gasteiger partial charge in [-0.2, -0.15) is 5.10 Å². The fourth-order valence-electron chi connectivity index (χ4n) is 0.764. The monoisotopic (exact) mass is 141 g/mol. The van der Waals surface area contributed by atoms with E-state index in [1.165, 1.54) is 0 Å². The summed E-state index contributed by atoms with van der Waals surface area (Å²) in [6.07, 6.45) is 0. The summed E-state index contributed by atoms with van der Waals surface area (Å²) in [5.74, 6) is 0.259. The Morgan fingerprint density at radius 1 is 1.70 bits per heavy atom. The van der Waals surface area contributed by atoms with Crippen molar-refractivity contribution < 1.29 is 5.11 Å². The lowest BCUT2D eigenvalue weighted by atomic mass is 10.3. The molecular weight excluding hydrogens is 130 g/mol. The van der Waals surface area contributed by atoms with Crippen LogP contribution in [0.4, 0.5) is 0 Å². The van der Waals surface area contributed by atoms with Crippen LogP contribution in [0.1, 0.15) is 11.4 Å². The summed E-state index contributed by atoms with van der Waals surface area (Å²) in [6, 6.07) is 0. The second kappa shape index (κ2) is 2.70. The molecule has 0 amide bonds. The zero-order chi connectivity index (χ0) is 7.56. The number of aromatic hydroxyl groups is 1. The van der Waals surface area contributed by atoms with Gasteiger partial charge in [-0.05, 0) is 14.0 Å². The molecule has 4 nitrogen and oxygen atoms in total. The molecule has 0 fully saturated rings. The number of aromatic amines is 1. The maximum atomic E-state index is 9.23. The van der Waals surface area contributed by atoms with Crippen LogP contribution in [-0.2, 0) is 6.54 Å². The lowest BCUT2D eigenvalue weighted by Gasteiger charge is -1.93. The van der Waals surface area contributed by atoms with Gasteiger partial charge in [-0.25, -0.2) is 0 Å². The van der Waals surface area contributed by atoms with Gasteiger partial charge < -0.3 is 10.4 Å². The van der Waals surface area contributed by atoms with Gasteiger partial charge in [0.15, 0.2) is 5.75 Å². The Kier molecular flexibility index (Phi) is 1.91. The largest absolute Gasteiger partial charge is 0.504 e. The van der Waals surface area contributed by atoms with Crippen molar-refractivity contribution >= 4 is 0 Å². The number of aromatic nitrogens is 2. The molecule has 0 unspecified atom stereocenters. The van der Waals surface area contributed by atoms with E-state index in [1.54, 1.807) is 6.92 Å². The number of hydrogen-bond donors (Lipinski definition) is 3. The Hall–Kier alpha value is -1.03.